The molecule has 148 valence electrons. The summed E-state index contributed by atoms with van der Waals surface area (Å²) in [6.07, 6.45) is 1.31. The summed E-state index contributed by atoms with van der Waals surface area (Å²) in [6, 6.07) is 20.6. The van der Waals surface area contributed by atoms with E-state index in [2.05, 4.69) is 20.7 Å². The van der Waals surface area contributed by atoms with Gasteiger partial charge < -0.3 is 4.42 Å². The molecular formula is C21H15N5O4. The lowest BCUT2D eigenvalue weighted by Gasteiger charge is -1.98. The fourth-order valence-corrected chi connectivity index (χ4v) is 2.82. The SMILES string of the molecule is O=C(N/N=C\c1ccc(-c2ccccc2[N+](=O)[O-])o1)c1cc(-c2ccccc2)n[nH]1. The van der Waals surface area contributed by atoms with Gasteiger partial charge in [0.05, 0.1) is 22.4 Å². The molecule has 0 saturated heterocycles. The lowest BCUT2D eigenvalue weighted by Crippen LogP contribution is -2.17. The second-order valence-corrected chi connectivity index (χ2v) is 6.21. The molecule has 2 aromatic carbocycles. The maximum Gasteiger partial charge on any atom is 0.289 e. The minimum atomic E-state index is -0.472. The first kappa shape index (κ1) is 18.8. The van der Waals surface area contributed by atoms with Crippen molar-refractivity contribution in [1.82, 2.24) is 15.6 Å². The zero-order valence-corrected chi connectivity index (χ0v) is 15.5. The van der Waals surface area contributed by atoms with Crippen molar-refractivity contribution < 1.29 is 14.1 Å². The van der Waals surface area contributed by atoms with E-state index in [9.17, 15) is 14.9 Å². The molecule has 0 fully saturated rings. The van der Waals surface area contributed by atoms with Gasteiger partial charge in [-0.25, -0.2) is 5.43 Å². The quantitative estimate of drug-likeness (QED) is 0.287. The van der Waals surface area contributed by atoms with Gasteiger partial charge in [0.15, 0.2) is 0 Å². The molecule has 0 aliphatic rings. The number of nitrogens with zero attached hydrogens (tertiary/aromatic N) is 3. The Kier molecular flexibility index (Phi) is 5.16. The Labute approximate surface area is 170 Å². The summed E-state index contributed by atoms with van der Waals surface area (Å²) in [6.45, 7) is 0. The van der Waals surface area contributed by atoms with Crippen LogP contribution in [0.1, 0.15) is 16.2 Å². The number of rotatable bonds is 6. The number of furan rings is 1. The number of hydrogen-bond acceptors (Lipinski definition) is 6. The molecule has 0 saturated carbocycles. The molecule has 0 atom stereocenters. The number of aromatic amines is 1. The number of para-hydroxylation sites is 1. The van der Waals surface area contributed by atoms with E-state index < -0.39 is 10.8 Å². The third kappa shape index (κ3) is 3.99. The van der Waals surface area contributed by atoms with Crippen molar-refractivity contribution >= 4 is 17.8 Å². The van der Waals surface area contributed by atoms with E-state index in [0.717, 1.165) is 5.56 Å². The molecule has 0 radical (unpaired) electrons. The van der Waals surface area contributed by atoms with Gasteiger partial charge in [0.25, 0.3) is 11.6 Å². The van der Waals surface area contributed by atoms with Crippen LogP contribution in [-0.2, 0) is 0 Å². The topological polar surface area (TPSA) is 126 Å². The maximum atomic E-state index is 12.2. The third-order valence-corrected chi connectivity index (χ3v) is 4.24. The Morgan fingerprint density at radius 1 is 1.10 bits per heavy atom. The highest BCUT2D eigenvalue weighted by atomic mass is 16.6. The number of amides is 1. The fourth-order valence-electron chi connectivity index (χ4n) is 2.82. The summed E-state index contributed by atoms with van der Waals surface area (Å²) in [4.78, 5) is 22.9. The van der Waals surface area contributed by atoms with Crippen LogP contribution in [0, 0.1) is 10.1 Å². The molecule has 0 unspecified atom stereocenters. The molecule has 2 heterocycles. The number of nitrogens with one attached hydrogen (secondary N) is 2. The lowest BCUT2D eigenvalue weighted by atomic mass is 10.1. The van der Waals surface area contributed by atoms with Crippen molar-refractivity contribution in [2.24, 2.45) is 5.10 Å². The smallest absolute Gasteiger partial charge is 0.289 e. The van der Waals surface area contributed by atoms with Crippen LogP contribution in [-0.4, -0.2) is 27.2 Å². The highest BCUT2D eigenvalue weighted by molar-refractivity contribution is 5.94. The summed E-state index contributed by atoms with van der Waals surface area (Å²) in [5, 5.41) is 21.8. The Balaban J connectivity index is 1.43. The Bertz CT molecular complexity index is 1230. The van der Waals surface area contributed by atoms with Gasteiger partial charge in [0.2, 0.25) is 0 Å². The summed E-state index contributed by atoms with van der Waals surface area (Å²) < 4.78 is 5.58. The van der Waals surface area contributed by atoms with E-state index >= 15 is 0 Å². The molecule has 0 aliphatic carbocycles. The molecule has 2 aromatic heterocycles. The third-order valence-electron chi connectivity index (χ3n) is 4.24. The molecule has 2 N–H and O–H groups in total. The minimum absolute atomic E-state index is 0.0582. The van der Waals surface area contributed by atoms with Crippen molar-refractivity contribution in [1.29, 1.82) is 0 Å². The second-order valence-electron chi connectivity index (χ2n) is 6.21. The van der Waals surface area contributed by atoms with Crippen LogP contribution < -0.4 is 5.43 Å². The molecule has 30 heavy (non-hydrogen) atoms. The summed E-state index contributed by atoms with van der Waals surface area (Å²) in [7, 11) is 0. The average Bonchev–Trinajstić information content (AvgIpc) is 3.44. The van der Waals surface area contributed by atoms with E-state index in [-0.39, 0.29) is 11.4 Å². The number of carbonyl (C=O) groups is 1. The molecule has 0 bridgehead atoms. The van der Waals surface area contributed by atoms with E-state index in [0.29, 0.717) is 22.8 Å². The highest BCUT2D eigenvalue weighted by Crippen LogP contribution is 2.30. The molecular weight excluding hydrogens is 386 g/mol. The van der Waals surface area contributed by atoms with Gasteiger partial charge in [-0.15, -0.1) is 0 Å². The van der Waals surface area contributed by atoms with Gasteiger partial charge in [-0.1, -0.05) is 42.5 Å². The van der Waals surface area contributed by atoms with Crippen LogP contribution in [0.3, 0.4) is 0 Å². The number of H-pyrrole nitrogens is 1. The number of nitro groups is 1. The number of nitro benzene ring substituents is 1. The number of aromatic nitrogens is 2. The zero-order valence-electron chi connectivity index (χ0n) is 15.5. The number of carbonyl (C=O) groups excluding carboxylic acids is 1. The Hall–Kier alpha value is -4.53. The first-order chi connectivity index (χ1) is 14.6. The van der Waals surface area contributed by atoms with E-state index in [1.165, 1.54) is 12.3 Å². The van der Waals surface area contributed by atoms with Gasteiger partial charge in [0.1, 0.15) is 17.2 Å². The molecule has 0 spiro atoms. The van der Waals surface area contributed by atoms with Crippen LogP contribution in [0.2, 0.25) is 0 Å². The predicted molar refractivity (Wildman–Crippen MR) is 110 cm³/mol. The maximum absolute atomic E-state index is 12.2. The van der Waals surface area contributed by atoms with Crippen molar-refractivity contribution in [2.75, 3.05) is 0 Å². The molecule has 9 nitrogen and oxygen atoms in total. The molecule has 1 amide bonds. The van der Waals surface area contributed by atoms with Crippen LogP contribution in [0.5, 0.6) is 0 Å². The van der Waals surface area contributed by atoms with E-state index in [4.69, 9.17) is 4.42 Å². The summed E-state index contributed by atoms with van der Waals surface area (Å²) in [5.74, 6) is 0.195. The van der Waals surface area contributed by atoms with Gasteiger partial charge in [-0.2, -0.15) is 10.2 Å². The van der Waals surface area contributed by atoms with E-state index in [1.807, 2.05) is 30.3 Å². The average molecular weight is 401 g/mol. The first-order valence-electron chi connectivity index (χ1n) is 8.89. The van der Waals surface area contributed by atoms with Crippen LogP contribution in [0.15, 0.2) is 82.3 Å². The summed E-state index contributed by atoms with van der Waals surface area (Å²) in [5.41, 5.74) is 4.46. The molecule has 0 aliphatic heterocycles. The van der Waals surface area contributed by atoms with Crippen molar-refractivity contribution in [2.45, 2.75) is 0 Å². The fraction of sp³-hybridized carbons (Fsp3) is 0. The van der Waals surface area contributed by atoms with Gasteiger partial charge in [-0.3, -0.25) is 20.0 Å². The van der Waals surface area contributed by atoms with Gasteiger partial charge >= 0.3 is 0 Å². The Morgan fingerprint density at radius 2 is 1.87 bits per heavy atom. The lowest BCUT2D eigenvalue weighted by molar-refractivity contribution is -0.384. The summed E-state index contributed by atoms with van der Waals surface area (Å²) >= 11 is 0. The van der Waals surface area contributed by atoms with Crippen LogP contribution in [0.4, 0.5) is 5.69 Å². The van der Waals surface area contributed by atoms with Crippen molar-refractivity contribution in [3.8, 4) is 22.6 Å². The van der Waals surface area contributed by atoms with Crippen LogP contribution in [0.25, 0.3) is 22.6 Å². The Morgan fingerprint density at radius 3 is 2.67 bits per heavy atom. The number of benzene rings is 2. The standard InChI is InChI=1S/C21H15N5O4/c27-21(18-12-17(23-24-18)14-6-2-1-3-7-14)25-22-13-15-10-11-20(30-15)16-8-4-5-9-19(16)26(28)29/h1-13H,(H,23,24)(H,25,27)/b22-13-. The molecule has 4 aromatic rings. The van der Waals surface area contributed by atoms with Crippen LogP contribution >= 0.6 is 0 Å². The zero-order chi connectivity index (χ0) is 20.9. The number of hydrogen-bond donors (Lipinski definition) is 2. The normalized spacial score (nSPS) is 10.9. The number of hydrazone groups is 1. The first-order valence-corrected chi connectivity index (χ1v) is 8.89. The monoisotopic (exact) mass is 401 g/mol. The van der Waals surface area contributed by atoms with Gasteiger partial charge in [-0.05, 0) is 24.3 Å². The van der Waals surface area contributed by atoms with Crippen molar-refractivity contribution in [3.63, 3.8) is 0 Å². The minimum Gasteiger partial charge on any atom is -0.455 e. The highest BCUT2D eigenvalue weighted by Gasteiger charge is 2.17. The molecule has 9 heteroatoms. The second kappa shape index (κ2) is 8.23. The molecule has 4 rings (SSSR count). The largest absolute Gasteiger partial charge is 0.455 e. The predicted octanol–water partition coefficient (Wildman–Crippen LogP) is 4.01. The van der Waals surface area contributed by atoms with E-state index in [1.54, 1.807) is 36.4 Å². The van der Waals surface area contributed by atoms with Gasteiger partial charge in [0, 0.05) is 11.6 Å². The van der Waals surface area contributed by atoms with Crippen molar-refractivity contribution in [3.05, 3.63) is 94.4 Å².